The molecule has 0 aliphatic carbocycles. The van der Waals surface area contributed by atoms with E-state index in [0.29, 0.717) is 5.69 Å². The van der Waals surface area contributed by atoms with Crippen molar-refractivity contribution in [2.24, 2.45) is 7.05 Å². The average Bonchev–Trinajstić information content (AvgIpc) is 2.55. The van der Waals surface area contributed by atoms with Crippen LogP contribution >= 0.6 is 0 Å². The number of para-hydroxylation sites is 1. The molecule has 0 fully saturated rings. The molecule has 0 aliphatic heterocycles. The molecule has 0 aliphatic rings. The van der Waals surface area contributed by atoms with Crippen LogP contribution in [0.4, 0.5) is 0 Å². The van der Waals surface area contributed by atoms with Crippen LogP contribution in [-0.2, 0) is 17.2 Å². The van der Waals surface area contributed by atoms with Crippen LogP contribution in [0, 0.1) is 6.92 Å². The number of aryl methyl sites for hydroxylation is 2. The van der Waals surface area contributed by atoms with Gasteiger partial charge in [-0.15, -0.1) is 0 Å². The third-order valence-electron chi connectivity index (χ3n) is 3.69. The van der Waals surface area contributed by atoms with Gasteiger partial charge in [-0.2, -0.15) is 4.57 Å². The van der Waals surface area contributed by atoms with Crippen molar-refractivity contribution in [3.63, 3.8) is 0 Å². The molecule has 25 heavy (non-hydrogen) atoms. The number of aliphatic hydroxyl groups excluding tert-OH is 1. The molecule has 132 valence electrons. The Morgan fingerprint density at radius 1 is 0.960 bits per heavy atom. The van der Waals surface area contributed by atoms with Crippen LogP contribution < -0.4 is 4.57 Å². The Hall–Kier alpha value is -2.32. The van der Waals surface area contributed by atoms with E-state index in [0.717, 1.165) is 16.5 Å². The number of aromatic nitrogens is 1. The highest BCUT2D eigenvalue weighted by Crippen LogP contribution is 2.12. The lowest BCUT2D eigenvalue weighted by atomic mass is 10.2. The summed E-state index contributed by atoms with van der Waals surface area (Å²) in [6.07, 6.45) is -1.43. The van der Waals surface area contributed by atoms with E-state index in [4.69, 9.17) is 10.2 Å². The van der Waals surface area contributed by atoms with Crippen molar-refractivity contribution in [1.82, 2.24) is 0 Å². The molecular formula is C18H19NO5S. The van der Waals surface area contributed by atoms with Gasteiger partial charge in [0.2, 0.25) is 17.5 Å². The van der Waals surface area contributed by atoms with Gasteiger partial charge in [0.1, 0.15) is 17.2 Å². The number of hydrogen-bond acceptors (Lipinski definition) is 5. The molecule has 1 aromatic heterocycles. The second-order valence-corrected chi connectivity index (χ2v) is 6.90. The first kappa shape index (κ1) is 19.0. The van der Waals surface area contributed by atoms with Gasteiger partial charge in [0.15, 0.2) is 0 Å². The number of nitrogens with zero attached hydrogens (tertiary/aromatic N) is 1. The van der Waals surface area contributed by atoms with Crippen molar-refractivity contribution in [3.05, 3.63) is 71.9 Å². The van der Waals surface area contributed by atoms with Crippen molar-refractivity contribution in [3.8, 4) is 0 Å². The Morgan fingerprint density at radius 3 is 2.12 bits per heavy atom. The molecule has 2 aromatic carbocycles. The van der Waals surface area contributed by atoms with Gasteiger partial charge >= 0.3 is 0 Å². The van der Waals surface area contributed by atoms with Gasteiger partial charge in [0, 0.05) is 17.5 Å². The van der Waals surface area contributed by atoms with Gasteiger partial charge in [0.25, 0.3) is 0 Å². The van der Waals surface area contributed by atoms with Crippen LogP contribution in [0.25, 0.3) is 10.9 Å². The maximum Gasteiger partial charge on any atom is 0.240 e. The Kier molecular flexibility index (Phi) is 5.86. The van der Waals surface area contributed by atoms with E-state index in [-0.39, 0.29) is 4.90 Å². The number of hydrogen-bond donors (Lipinski definition) is 2. The lowest BCUT2D eigenvalue weighted by molar-refractivity contribution is -0.660. The van der Waals surface area contributed by atoms with Crippen LogP contribution in [0.3, 0.4) is 0 Å². The van der Waals surface area contributed by atoms with Gasteiger partial charge in [-0.05, 0) is 31.2 Å². The third kappa shape index (κ3) is 4.83. The van der Waals surface area contributed by atoms with E-state index in [2.05, 4.69) is 0 Å². The van der Waals surface area contributed by atoms with Crippen molar-refractivity contribution >= 4 is 21.0 Å². The van der Waals surface area contributed by atoms with E-state index in [1.165, 1.54) is 12.1 Å². The summed E-state index contributed by atoms with van der Waals surface area (Å²) in [7, 11) is -2.45. The Morgan fingerprint density at radius 2 is 1.56 bits per heavy atom. The zero-order valence-corrected chi connectivity index (χ0v) is 14.6. The molecule has 0 saturated carbocycles. The molecule has 0 saturated heterocycles. The molecular weight excluding hydrogens is 342 g/mol. The predicted molar refractivity (Wildman–Crippen MR) is 91.4 cm³/mol. The lowest BCUT2D eigenvalue weighted by Gasteiger charge is -2.05. The van der Waals surface area contributed by atoms with Crippen LogP contribution in [0.5, 0.6) is 0 Å². The van der Waals surface area contributed by atoms with Crippen molar-refractivity contribution in [1.29, 1.82) is 0 Å². The smallest absolute Gasteiger partial charge is 0.240 e. The highest BCUT2D eigenvalue weighted by atomic mass is 32.2. The topological polar surface area (TPSA) is 102 Å². The zero-order chi connectivity index (χ0) is 18.6. The minimum Gasteiger partial charge on any atom is -0.744 e. The lowest BCUT2D eigenvalue weighted by Crippen LogP contribution is -2.35. The molecule has 0 amide bonds. The molecule has 0 atom stereocenters. The number of aliphatic hydroxyl groups is 2. The van der Waals surface area contributed by atoms with Gasteiger partial charge in [-0.25, -0.2) is 8.42 Å². The number of benzene rings is 2. The molecule has 0 unspecified atom stereocenters. The average molecular weight is 361 g/mol. The van der Waals surface area contributed by atoms with Crippen LogP contribution in [0.2, 0.25) is 0 Å². The molecule has 3 aromatic rings. The minimum atomic E-state index is -4.27. The van der Waals surface area contributed by atoms with Crippen LogP contribution in [0.15, 0.2) is 65.6 Å². The van der Waals surface area contributed by atoms with Gasteiger partial charge in [-0.3, -0.25) is 0 Å². The zero-order valence-electron chi connectivity index (χ0n) is 13.8. The first-order valence-corrected chi connectivity index (χ1v) is 8.87. The molecule has 3 rings (SSSR count). The monoisotopic (exact) mass is 361 g/mol. The van der Waals surface area contributed by atoms with Gasteiger partial charge < -0.3 is 14.8 Å². The quantitative estimate of drug-likeness (QED) is 0.410. The Bertz CT molecular complexity index is 966. The van der Waals surface area contributed by atoms with E-state index in [1.54, 1.807) is 22.8 Å². The van der Waals surface area contributed by atoms with E-state index in [1.807, 2.05) is 44.3 Å². The molecule has 0 spiro atoms. The second kappa shape index (κ2) is 7.71. The maximum absolute atomic E-state index is 10.4. The van der Waals surface area contributed by atoms with Gasteiger partial charge in [-0.1, -0.05) is 29.8 Å². The number of fused-ring (bicyclic) bond motifs is 1. The fourth-order valence-corrected chi connectivity index (χ4v) is 2.79. The highest BCUT2D eigenvalue weighted by Gasteiger charge is 2.16. The van der Waals surface area contributed by atoms with Crippen LogP contribution in [0.1, 0.15) is 17.5 Å². The maximum atomic E-state index is 10.4. The number of pyridine rings is 1. The summed E-state index contributed by atoms with van der Waals surface area (Å²) in [5.41, 5.74) is 2.40. The molecule has 7 heteroatoms. The largest absolute Gasteiger partial charge is 0.744 e. The fourth-order valence-electron chi connectivity index (χ4n) is 2.32. The standard InChI is InChI=1S/C11H12NO2.C7H8O3S/c1-12-9-5-3-2-4-8(9)6-7-10(12)11(13)14;1-6-2-4-7(5-3-6)11(8,9)10/h2-7,11,13-14H,1H3;2-5H,1H3,(H,8,9,10)/q+1;/p-1. The summed E-state index contributed by atoms with van der Waals surface area (Å²) in [5, 5.41) is 19.3. The Balaban J connectivity index is 0.000000186. The predicted octanol–water partition coefficient (Wildman–Crippen LogP) is 1.55. The van der Waals surface area contributed by atoms with Crippen molar-refractivity contribution in [2.75, 3.05) is 0 Å². The third-order valence-corrected chi connectivity index (χ3v) is 4.54. The Labute approximate surface area is 146 Å². The first-order chi connectivity index (χ1) is 11.7. The minimum absolute atomic E-state index is 0.178. The molecule has 0 radical (unpaired) electrons. The molecule has 6 nitrogen and oxygen atoms in total. The molecule has 0 bridgehead atoms. The summed E-state index contributed by atoms with van der Waals surface area (Å²) in [4.78, 5) is -0.178. The summed E-state index contributed by atoms with van der Waals surface area (Å²) >= 11 is 0. The van der Waals surface area contributed by atoms with E-state index in [9.17, 15) is 13.0 Å². The normalized spacial score (nSPS) is 11.3. The summed E-state index contributed by atoms with van der Waals surface area (Å²) < 4.78 is 32.9. The fraction of sp³-hybridized carbons (Fsp3) is 0.167. The van der Waals surface area contributed by atoms with Gasteiger partial charge in [0.05, 0.1) is 4.90 Å². The van der Waals surface area contributed by atoms with Crippen LogP contribution in [-0.4, -0.2) is 23.2 Å². The molecule has 2 N–H and O–H groups in total. The summed E-state index contributed by atoms with van der Waals surface area (Å²) in [6, 6.07) is 17.2. The summed E-state index contributed by atoms with van der Waals surface area (Å²) in [6.45, 7) is 1.82. The highest BCUT2D eigenvalue weighted by molar-refractivity contribution is 7.85. The molecule has 1 heterocycles. The van der Waals surface area contributed by atoms with Crippen molar-refractivity contribution in [2.45, 2.75) is 18.1 Å². The first-order valence-electron chi connectivity index (χ1n) is 7.46. The second-order valence-electron chi connectivity index (χ2n) is 5.52. The van der Waals surface area contributed by atoms with E-state index < -0.39 is 16.4 Å². The number of rotatable bonds is 2. The SMILES string of the molecule is C[n+]1c(C(O)O)ccc2ccccc21.Cc1ccc(S(=O)(=O)[O-])cc1. The van der Waals surface area contributed by atoms with E-state index >= 15 is 0 Å². The van der Waals surface area contributed by atoms with Crippen molar-refractivity contribution < 1.29 is 27.8 Å². The summed E-state index contributed by atoms with van der Waals surface area (Å²) in [5.74, 6) is 0.